The van der Waals surface area contributed by atoms with E-state index in [-0.39, 0.29) is 22.7 Å². The van der Waals surface area contributed by atoms with Gasteiger partial charge in [0.05, 0.1) is 6.07 Å². The zero-order chi connectivity index (χ0) is 24.7. The highest BCUT2D eigenvalue weighted by atomic mass is 16.1. The van der Waals surface area contributed by atoms with Gasteiger partial charge in [-0.25, -0.2) is 0 Å². The van der Waals surface area contributed by atoms with Gasteiger partial charge in [-0.15, -0.1) is 0 Å². The van der Waals surface area contributed by atoms with Crippen molar-refractivity contribution in [2.24, 2.45) is 34.5 Å². The average molecular weight is 436 g/mol. The lowest BCUT2D eigenvalue weighted by Crippen LogP contribution is -2.29. The zero-order valence-electron chi connectivity index (χ0n) is 22.0. The van der Waals surface area contributed by atoms with Gasteiger partial charge in [-0.1, -0.05) is 85.4 Å². The van der Waals surface area contributed by atoms with Crippen LogP contribution in [-0.4, -0.2) is 6.29 Å². The predicted octanol–water partition coefficient (Wildman–Crippen LogP) is 8.51. The third kappa shape index (κ3) is 6.93. The molecule has 1 fully saturated rings. The highest BCUT2D eigenvalue weighted by Gasteiger charge is 2.35. The van der Waals surface area contributed by atoms with Crippen LogP contribution in [0.25, 0.3) is 5.57 Å². The van der Waals surface area contributed by atoms with E-state index in [9.17, 15) is 4.79 Å². The van der Waals surface area contributed by atoms with Crippen molar-refractivity contribution in [2.45, 2.75) is 81.6 Å². The van der Waals surface area contributed by atoms with Gasteiger partial charge in [0.15, 0.2) is 0 Å². The van der Waals surface area contributed by atoms with Crippen LogP contribution in [0.15, 0.2) is 48.1 Å². The van der Waals surface area contributed by atoms with E-state index in [2.05, 4.69) is 91.4 Å². The number of rotatable bonds is 6. The summed E-state index contributed by atoms with van der Waals surface area (Å²) in [5.74, 6) is 1.16. The molecule has 0 aromatic heterocycles. The molecule has 1 aliphatic carbocycles. The Morgan fingerprint density at radius 3 is 2.31 bits per heavy atom. The lowest BCUT2D eigenvalue weighted by Gasteiger charge is -2.41. The standard InChI is InChI=1S/C18H24.C12H21NO/c1-13-11-12-17(15(3)18(13,4)5)14(2)16-9-7-6-8-10-16;1-9(7-13)6-12(4,5)11(3)10(2)8-14/h6-10,13H,3,11-12H2,1-2,4-5H3;8-11H,6H2,1-5H3/b17-14+;. The molecule has 1 aromatic carbocycles. The largest absolute Gasteiger partial charge is 0.303 e. The van der Waals surface area contributed by atoms with Crippen molar-refractivity contribution in [3.05, 3.63) is 53.6 Å². The van der Waals surface area contributed by atoms with Gasteiger partial charge in [0.25, 0.3) is 0 Å². The van der Waals surface area contributed by atoms with Gasteiger partial charge in [-0.3, -0.25) is 0 Å². The van der Waals surface area contributed by atoms with Crippen LogP contribution in [0.2, 0.25) is 0 Å². The Kier molecular flexibility index (Phi) is 10.2. The second-order valence-electron chi connectivity index (χ2n) is 11.1. The van der Waals surface area contributed by atoms with Crippen LogP contribution in [0.5, 0.6) is 0 Å². The summed E-state index contributed by atoms with van der Waals surface area (Å²) >= 11 is 0. The first kappa shape index (κ1) is 27.9. The van der Waals surface area contributed by atoms with Gasteiger partial charge in [0.1, 0.15) is 6.29 Å². The Hall–Kier alpha value is -2.14. The molecule has 176 valence electrons. The lowest BCUT2D eigenvalue weighted by atomic mass is 9.64. The third-order valence-electron chi connectivity index (χ3n) is 8.15. The Labute approximate surface area is 197 Å². The van der Waals surface area contributed by atoms with E-state index >= 15 is 0 Å². The zero-order valence-corrected chi connectivity index (χ0v) is 22.0. The number of hydrogen-bond acceptors (Lipinski definition) is 2. The maximum Gasteiger partial charge on any atom is 0.123 e. The molecule has 32 heavy (non-hydrogen) atoms. The maximum absolute atomic E-state index is 10.7. The summed E-state index contributed by atoms with van der Waals surface area (Å²) < 4.78 is 0. The fourth-order valence-electron chi connectivity index (χ4n) is 4.69. The Balaban J connectivity index is 0.000000333. The molecule has 0 heterocycles. The lowest BCUT2D eigenvalue weighted by molar-refractivity contribution is -0.113. The molecular weight excluding hydrogens is 390 g/mol. The van der Waals surface area contributed by atoms with Crippen LogP contribution >= 0.6 is 0 Å². The fourth-order valence-corrected chi connectivity index (χ4v) is 4.69. The molecule has 2 heteroatoms. The minimum atomic E-state index is 0.0511. The summed E-state index contributed by atoms with van der Waals surface area (Å²) in [6.45, 7) is 23.9. The number of nitrogens with zero attached hydrogens (tertiary/aromatic N) is 1. The predicted molar refractivity (Wildman–Crippen MR) is 138 cm³/mol. The molecule has 2 nitrogen and oxygen atoms in total. The van der Waals surface area contributed by atoms with Gasteiger partial charge >= 0.3 is 0 Å². The second kappa shape index (κ2) is 11.6. The van der Waals surface area contributed by atoms with Gasteiger partial charge in [0.2, 0.25) is 0 Å². The molecule has 4 atom stereocenters. The number of hydrogen-bond donors (Lipinski definition) is 0. The highest BCUT2D eigenvalue weighted by molar-refractivity contribution is 5.71. The molecule has 4 unspecified atom stereocenters. The van der Waals surface area contributed by atoms with Crippen molar-refractivity contribution < 1.29 is 4.79 Å². The topological polar surface area (TPSA) is 40.9 Å². The van der Waals surface area contributed by atoms with Crippen molar-refractivity contribution in [3.8, 4) is 6.07 Å². The molecule has 0 radical (unpaired) electrons. The van der Waals surface area contributed by atoms with Crippen molar-refractivity contribution in [1.29, 1.82) is 5.26 Å². The highest BCUT2D eigenvalue weighted by Crippen LogP contribution is 2.48. The minimum absolute atomic E-state index is 0.0511. The Bertz CT molecular complexity index is 837. The second-order valence-corrected chi connectivity index (χ2v) is 11.1. The molecule has 0 saturated heterocycles. The summed E-state index contributed by atoms with van der Waals surface area (Å²) in [5, 5.41) is 8.76. The van der Waals surface area contributed by atoms with Crippen molar-refractivity contribution in [1.82, 2.24) is 0 Å². The number of benzene rings is 1. The smallest absolute Gasteiger partial charge is 0.123 e. The van der Waals surface area contributed by atoms with E-state index in [4.69, 9.17) is 5.26 Å². The summed E-state index contributed by atoms with van der Waals surface area (Å²) in [5.41, 5.74) is 5.82. The maximum atomic E-state index is 10.7. The molecule has 0 spiro atoms. The normalized spacial score (nSPS) is 22.5. The van der Waals surface area contributed by atoms with Crippen LogP contribution < -0.4 is 0 Å². The van der Waals surface area contributed by atoms with Crippen molar-refractivity contribution in [3.63, 3.8) is 0 Å². The van der Waals surface area contributed by atoms with Crippen molar-refractivity contribution in [2.75, 3.05) is 0 Å². The first-order valence-electron chi connectivity index (χ1n) is 12.1. The average Bonchev–Trinajstić information content (AvgIpc) is 2.77. The summed E-state index contributed by atoms with van der Waals surface area (Å²) in [6, 6.07) is 12.9. The Morgan fingerprint density at radius 2 is 1.81 bits per heavy atom. The molecule has 0 bridgehead atoms. The van der Waals surface area contributed by atoms with Crippen LogP contribution in [0.3, 0.4) is 0 Å². The molecule has 2 rings (SSSR count). The van der Waals surface area contributed by atoms with E-state index in [1.165, 1.54) is 35.1 Å². The molecule has 1 aromatic rings. The number of allylic oxidation sites excluding steroid dienone is 3. The van der Waals surface area contributed by atoms with Gasteiger partial charge in [-0.05, 0) is 78.1 Å². The fraction of sp³-hybridized carbons (Fsp3) is 0.600. The molecule has 1 aliphatic rings. The van der Waals surface area contributed by atoms with Crippen LogP contribution in [0.4, 0.5) is 0 Å². The number of carbonyl (C=O) groups is 1. The van der Waals surface area contributed by atoms with E-state index < -0.39 is 0 Å². The summed E-state index contributed by atoms with van der Waals surface area (Å²) in [6.07, 6.45) is 4.29. The van der Waals surface area contributed by atoms with E-state index in [1.54, 1.807) is 0 Å². The first-order valence-corrected chi connectivity index (χ1v) is 12.1. The monoisotopic (exact) mass is 435 g/mol. The summed E-state index contributed by atoms with van der Waals surface area (Å²) in [7, 11) is 0. The molecule has 0 amide bonds. The number of aldehydes is 1. The van der Waals surface area contributed by atoms with E-state index in [0.29, 0.717) is 5.92 Å². The molecule has 1 saturated carbocycles. The number of carbonyl (C=O) groups excluding carboxylic acids is 1. The molecule has 0 aliphatic heterocycles. The van der Waals surface area contributed by atoms with Crippen LogP contribution in [-0.2, 0) is 4.79 Å². The summed E-state index contributed by atoms with van der Waals surface area (Å²) in [4.78, 5) is 10.7. The van der Waals surface area contributed by atoms with Crippen LogP contribution in [0, 0.1) is 45.8 Å². The first-order chi connectivity index (χ1) is 14.8. The van der Waals surface area contributed by atoms with Crippen molar-refractivity contribution >= 4 is 11.9 Å². The van der Waals surface area contributed by atoms with Crippen LogP contribution in [0.1, 0.15) is 87.1 Å². The molecular formula is C30H45NO. The number of nitriles is 1. The Morgan fingerprint density at radius 1 is 1.25 bits per heavy atom. The van der Waals surface area contributed by atoms with Gasteiger partial charge < -0.3 is 4.79 Å². The van der Waals surface area contributed by atoms with Gasteiger partial charge in [-0.2, -0.15) is 5.26 Å². The SMILES string of the molecule is C=C1/C(=C(\C)c2ccccc2)CCC(C)C1(C)C.CC(C#N)CC(C)(C)C(C)C(C)C=O. The van der Waals surface area contributed by atoms with E-state index in [0.717, 1.165) is 18.6 Å². The third-order valence-corrected chi connectivity index (χ3v) is 8.15. The van der Waals surface area contributed by atoms with Gasteiger partial charge in [0, 0.05) is 11.8 Å². The van der Waals surface area contributed by atoms with E-state index in [1.807, 2.05) is 13.8 Å². The minimum Gasteiger partial charge on any atom is -0.303 e. The molecule has 0 N–H and O–H groups in total. The quantitative estimate of drug-likeness (QED) is 0.420.